The highest BCUT2D eigenvalue weighted by Crippen LogP contribution is 1.85. The van der Waals surface area contributed by atoms with Gasteiger partial charge in [-0.2, -0.15) is 0 Å². The van der Waals surface area contributed by atoms with Crippen LogP contribution >= 0.6 is 0 Å². The van der Waals surface area contributed by atoms with Crippen molar-refractivity contribution >= 4 is 0 Å². The highest BCUT2D eigenvalue weighted by molar-refractivity contribution is 4.75. The van der Waals surface area contributed by atoms with Crippen molar-refractivity contribution in [2.75, 3.05) is 13.2 Å². The minimum Gasteiger partial charge on any atom is -0.381 e. The van der Waals surface area contributed by atoms with Gasteiger partial charge in [0.2, 0.25) is 0 Å². The molecule has 0 saturated carbocycles. The molecule has 0 N–H and O–H groups in total. The van der Waals surface area contributed by atoms with Crippen LogP contribution < -0.4 is 0 Å². The summed E-state index contributed by atoms with van der Waals surface area (Å²) >= 11 is 0. The maximum Gasteiger partial charge on any atom is 0.0500 e. The molecule has 0 rings (SSSR count). The van der Waals surface area contributed by atoms with Gasteiger partial charge in [-0.15, -0.1) is 0 Å². The summed E-state index contributed by atoms with van der Waals surface area (Å²) < 4.78 is 5.17. The quantitative estimate of drug-likeness (QED) is 0.406. The molecule has 0 aliphatic heterocycles. The van der Waals surface area contributed by atoms with Crippen molar-refractivity contribution in [3.05, 3.63) is 19.1 Å². The summed E-state index contributed by atoms with van der Waals surface area (Å²) in [4.78, 5) is 0. The van der Waals surface area contributed by atoms with Crippen LogP contribution in [0.25, 0.3) is 0 Å². The van der Waals surface area contributed by atoms with E-state index in [-0.39, 0.29) is 0 Å². The molecule has 1 heteroatoms. The van der Waals surface area contributed by atoms with Gasteiger partial charge in [0.25, 0.3) is 0 Å². The van der Waals surface area contributed by atoms with Crippen LogP contribution in [0.5, 0.6) is 0 Å². The highest BCUT2D eigenvalue weighted by Gasteiger charge is 1.80. The van der Waals surface area contributed by atoms with Crippen molar-refractivity contribution < 1.29 is 4.74 Å². The third-order valence-electron chi connectivity index (χ3n) is 0.953. The third kappa shape index (κ3) is 7.70. The van der Waals surface area contributed by atoms with Crippen LogP contribution in [0.3, 0.4) is 0 Å². The summed E-state index contributed by atoms with van der Waals surface area (Å²) in [5.41, 5.74) is 0. The molecule has 53 valence electrons. The number of rotatable bonds is 5. The van der Waals surface area contributed by atoms with Gasteiger partial charge in [0.05, 0.1) is 6.61 Å². The van der Waals surface area contributed by atoms with Gasteiger partial charge in [-0.25, -0.2) is 0 Å². The largest absolute Gasteiger partial charge is 0.381 e. The molecule has 0 heterocycles. The lowest BCUT2D eigenvalue weighted by Crippen LogP contribution is -1.93. The highest BCUT2D eigenvalue weighted by atomic mass is 16.5. The van der Waals surface area contributed by atoms with E-state index in [2.05, 4.69) is 13.0 Å². The molecule has 0 spiro atoms. The molecular weight excluding hydrogens is 112 g/mol. The van der Waals surface area contributed by atoms with Crippen LogP contribution in [0.15, 0.2) is 12.2 Å². The van der Waals surface area contributed by atoms with Crippen LogP contribution in [0.2, 0.25) is 0 Å². The second-order valence-corrected chi connectivity index (χ2v) is 1.82. The fourth-order valence-corrected chi connectivity index (χ4v) is 0.522. The van der Waals surface area contributed by atoms with Gasteiger partial charge in [0, 0.05) is 6.61 Å². The van der Waals surface area contributed by atoms with Gasteiger partial charge >= 0.3 is 0 Å². The molecule has 0 aliphatic rings. The second-order valence-electron chi connectivity index (χ2n) is 1.82. The van der Waals surface area contributed by atoms with Crippen molar-refractivity contribution in [3.8, 4) is 0 Å². The van der Waals surface area contributed by atoms with E-state index in [4.69, 9.17) is 4.74 Å². The summed E-state index contributed by atoms with van der Waals surface area (Å²) in [5, 5.41) is 0. The Morgan fingerprint density at radius 2 is 2.22 bits per heavy atom. The summed E-state index contributed by atoms with van der Waals surface area (Å²) in [7, 11) is 0. The van der Waals surface area contributed by atoms with Crippen molar-refractivity contribution in [2.45, 2.75) is 19.8 Å². The van der Waals surface area contributed by atoms with Crippen LogP contribution in [0, 0.1) is 6.92 Å². The Labute approximate surface area is 57.7 Å². The number of hydrogen-bond donors (Lipinski definition) is 0. The minimum absolute atomic E-state index is 0.789. The molecule has 0 aromatic carbocycles. The summed E-state index contributed by atoms with van der Waals surface area (Å²) in [6.07, 6.45) is 6.03. The maximum atomic E-state index is 5.17. The van der Waals surface area contributed by atoms with E-state index in [0.717, 1.165) is 26.1 Å². The predicted octanol–water partition coefficient (Wildman–Crippen LogP) is 2.19. The van der Waals surface area contributed by atoms with Crippen molar-refractivity contribution in [2.24, 2.45) is 0 Å². The van der Waals surface area contributed by atoms with E-state index in [1.54, 1.807) is 0 Å². The Kier molecular flexibility index (Phi) is 7.44. The zero-order chi connectivity index (χ0) is 6.95. The first-order chi connectivity index (χ1) is 4.41. The maximum absolute atomic E-state index is 5.17. The number of hydrogen-bond acceptors (Lipinski definition) is 1. The molecule has 0 atom stereocenters. The Hall–Kier alpha value is -0.300. The van der Waals surface area contributed by atoms with Crippen molar-refractivity contribution in [1.82, 2.24) is 0 Å². The first-order valence-corrected chi connectivity index (χ1v) is 3.40. The van der Waals surface area contributed by atoms with Gasteiger partial charge in [0.1, 0.15) is 0 Å². The van der Waals surface area contributed by atoms with Gasteiger partial charge in [-0.3, -0.25) is 0 Å². The second kappa shape index (κ2) is 7.70. The zero-order valence-electron chi connectivity index (χ0n) is 6.10. The summed E-state index contributed by atoms with van der Waals surface area (Å²) in [6, 6.07) is 0. The fraction of sp³-hybridized carbons (Fsp3) is 0.625. The monoisotopic (exact) mass is 127 g/mol. The Morgan fingerprint density at radius 3 is 2.78 bits per heavy atom. The van der Waals surface area contributed by atoms with Crippen LogP contribution in [-0.2, 0) is 4.74 Å². The van der Waals surface area contributed by atoms with Crippen molar-refractivity contribution in [1.29, 1.82) is 0 Å². The zero-order valence-corrected chi connectivity index (χ0v) is 6.10. The van der Waals surface area contributed by atoms with Crippen LogP contribution in [-0.4, -0.2) is 13.2 Å². The lowest BCUT2D eigenvalue weighted by molar-refractivity contribution is 0.143. The average molecular weight is 127 g/mol. The minimum atomic E-state index is 0.789. The van der Waals surface area contributed by atoms with Gasteiger partial charge in [-0.05, 0) is 19.8 Å². The lowest BCUT2D eigenvalue weighted by Gasteiger charge is -1.96. The van der Waals surface area contributed by atoms with Gasteiger partial charge in [0.15, 0.2) is 0 Å². The van der Waals surface area contributed by atoms with E-state index in [1.165, 1.54) is 0 Å². The Bertz CT molecular complexity index is 67.0. The van der Waals surface area contributed by atoms with Crippen molar-refractivity contribution in [3.63, 3.8) is 0 Å². The van der Waals surface area contributed by atoms with Gasteiger partial charge < -0.3 is 4.74 Å². The topological polar surface area (TPSA) is 9.23 Å². The fourth-order valence-electron chi connectivity index (χ4n) is 0.522. The first-order valence-electron chi connectivity index (χ1n) is 3.40. The van der Waals surface area contributed by atoms with Gasteiger partial charge in [-0.1, -0.05) is 19.1 Å². The lowest BCUT2D eigenvalue weighted by atomic mass is 10.4. The molecule has 0 unspecified atom stereocenters. The Balaban J connectivity index is 2.75. The van der Waals surface area contributed by atoms with E-state index in [1.807, 2.05) is 13.0 Å². The van der Waals surface area contributed by atoms with E-state index in [0.29, 0.717) is 0 Å². The third-order valence-corrected chi connectivity index (χ3v) is 0.953. The molecule has 0 saturated heterocycles. The molecule has 0 bridgehead atoms. The molecule has 9 heavy (non-hydrogen) atoms. The van der Waals surface area contributed by atoms with Crippen LogP contribution in [0.4, 0.5) is 0 Å². The molecule has 1 nitrogen and oxygen atoms in total. The van der Waals surface area contributed by atoms with E-state index >= 15 is 0 Å². The standard InChI is InChI=1S/C8H15O/c1-3-5-6-8-9-7-4-2/h3,5H,2,4,6-8H2,1H3. The summed E-state index contributed by atoms with van der Waals surface area (Å²) in [5.74, 6) is 0. The Morgan fingerprint density at radius 1 is 1.44 bits per heavy atom. The van der Waals surface area contributed by atoms with Crippen LogP contribution in [0.1, 0.15) is 19.8 Å². The first kappa shape index (κ1) is 8.70. The average Bonchev–Trinajstić information content (AvgIpc) is 1.89. The molecule has 0 amide bonds. The molecular formula is C8H15O. The van der Waals surface area contributed by atoms with E-state index < -0.39 is 0 Å². The normalized spacial score (nSPS) is 10.9. The number of ether oxygens (including phenoxy) is 1. The SMILES string of the molecule is [CH2]CCOCCC=CC. The predicted molar refractivity (Wildman–Crippen MR) is 40.2 cm³/mol. The van der Waals surface area contributed by atoms with E-state index in [9.17, 15) is 0 Å². The number of allylic oxidation sites excluding steroid dienone is 1. The molecule has 0 aromatic rings. The summed E-state index contributed by atoms with van der Waals surface area (Å²) in [6.45, 7) is 7.30. The smallest absolute Gasteiger partial charge is 0.0500 e. The molecule has 0 aliphatic carbocycles. The molecule has 1 radical (unpaired) electrons. The molecule has 0 fully saturated rings. The molecule has 0 aromatic heterocycles.